The first kappa shape index (κ1) is 22.4. The van der Waals surface area contributed by atoms with Gasteiger partial charge in [-0.2, -0.15) is 0 Å². The standard InChI is InChI=1S/C20H26N2O5.2ClH/c1-22-8-7-19-16-11-3-4-13(23)17(16)27-18(19)12(21-10-15(24)25)5-6-20(19,26-2)14(22)9-11;;/h3-4,12,14,18,21,23H,5-10H2,1-2H3,(H,24,25);2*1H/t12-,14-,18+,19+,20-;;/m1../s1. The molecule has 0 radical (unpaired) electrons. The van der Waals surface area contributed by atoms with Crippen LogP contribution in [-0.4, -0.2) is 72.1 Å². The van der Waals surface area contributed by atoms with E-state index in [1.807, 2.05) is 6.07 Å². The van der Waals surface area contributed by atoms with Gasteiger partial charge in [-0.15, -0.1) is 24.8 Å². The average Bonchev–Trinajstić information content (AvgIpc) is 3.01. The molecule has 4 aliphatic rings. The minimum absolute atomic E-state index is 0. The number of hydrogen-bond acceptors (Lipinski definition) is 6. The van der Waals surface area contributed by atoms with Gasteiger partial charge in [0.15, 0.2) is 11.5 Å². The summed E-state index contributed by atoms with van der Waals surface area (Å²) in [7, 11) is 3.95. The average molecular weight is 447 g/mol. The molecule has 162 valence electrons. The van der Waals surface area contributed by atoms with Crippen LogP contribution in [-0.2, 0) is 21.4 Å². The quantitative estimate of drug-likeness (QED) is 0.648. The van der Waals surface area contributed by atoms with E-state index in [2.05, 4.69) is 17.3 Å². The number of likely N-dealkylation sites (N-methyl/N-ethyl adjacent to an activating group) is 1. The Labute approximate surface area is 182 Å². The third-order valence-corrected chi connectivity index (χ3v) is 7.57. The lowest BCUT2D eigenvalue weighted by atomic mass is 9.48. The van der Waals surface area contributed by atoms with E-state index < -0.39 is 11.6 Å². The number of halogens is 2. The van der Waals surface area contributed by atoms with Gasteiger partial charge in [-0.25, -0.2) is 0 Å². The van der Waals surface area contributed by atoms with Gasteiger partial charge < -0.3 is 29.9 Å². The van der Waals surface area contributed by atoms with Gasteiger partial charge in [-0.1, -0.05) is 6.07 Å². The first-order valence-electron chi connectivity index (χ1n) is 9.67. The molecule has 2 heterocycles. The van der Waals surface area contributed by atoms with E-state index in [-0.39, 0.29) is 60.7 Å². The van der Waals surface area contributed by atoms with Gasteiger partial charge in [0.25, 0.3) is 0 Å². The van der Waals surface area contributed by atoms with Crippen LogP contribution in [0.25, 0.3) is 0 Å². The normalized spacial score (nSPS) is 36.3. The Morgan fingerprint density at radius 2 is 2.14 bits per heavy atom. The van der Waals surface area contributed by atoms with Crippen LogP contribution in [0.4, 0.5) is 0 Å². The van der Waals surface area contributed by atoms with Crippen molar-refractivity contribution in [3.63, 3.8) is 0 Å². The van der Waals surface area contributed by atoms with Gasteiger partial charge >= 0.3 is 5.97 Å². The van der Waals surface area contributed by atoms with Gasteiger partial charge in [-0.05, 0) is 50.9 Å². The molecule has 9 heteroatoms. The number of methoxy groups -OCH3 is 1. The molecule has 7 nitrogen and oxygen atoms in total. The fraction of sp³-hybridized carbons (Fsp3) is 0.650. The number of benzene rings is 1. The molecule has 1 saturated carbocycles. The van der Waals surface area contributed by atoms with Crippen molar-refractivity contribution in [3.05, 3.63) is 23.3 Å². The second-order valence-electron chi connectivity index (χ2n) is 8.42. The molecule has 1 saturated heterocycles. The molecule has 2 bridgehead atoms. The fourth-order valence-electron chi connectivity index (χ4n) is 6.57. The van der Waals surface area contributed by atoms with Crippen molar-refractivity contribution in [3.8, 4) is 11.5 Å². The van der Waals surface area contributed by atoms with Crippen LogP contribution in [0.1, 0.15) is 30.4 Å². The van der Waals surface area contributed by atoms with Crippen molar-refractivity contribution in [2.24, 2.45) is 0 Å². The van der Waals surface area contributed by atoms with Crippen molar-refractivity contribution in [2.75, 3.05) is 27.2 Å². The highest BCUT2D eigenvalue weighted by molar-refractivity contribution is 5.85. The summed E-state index contributed by atoms with van der Waals surface area (Å²) < 4.78 is 12.8. The molecule has 5 atom stereocenters. The summed E-state index contributed by atoms with van der Waals surface area (Å²) in [6, 6.07) is 3.89. The first-order valence-corrected chi connectivity index (χ1v) is 9.67. The number of hydrogen-bond donors (Lipinski definition) is 3. The Bertz CT molecular complexity index is 824. The van der Waals surface area contributed by atoms with Gasteiger partial charge in [0.2, 0.25) is 0 Å². The van der Waals surface area contributed by atoms with Crippen LogP contribution >= 0.6 is 24.8 Å². The zero-order valence-electron chi connectivity index (χ0n) is 16.5. The van der Waals surface area contributed by atoms with Gasteiger partial charge in [0.05, 0.1) is 17.6 Å². The van der Waals surface area contributed by atoms with Crippen LogP contribution in [0.5, 0.6) is 11.5 Å². The summed E-state index contributed by atoms with van der Waals surface area (Å²) in [5.41, 5.74) is 1.56. The molecule has 0 unspecified atom stereocenters. The molecule has 1 aromatic rings. The minimum atomic E-state index is -0.875. The number of nitrogens with zero attached hydrogens (tertiary/aromatic N) is 1. The Hall–Kier alpha value is -1.25. The number of carboxylic acids is 1. The Balaban J connectivity index is 0.00000120. The third kappa shape index (κ3) is 2.64. The number of aromatic hydroxyl groups is 1. The summed E-state index contributed by atoms with van der Waals surface area (Å²) in [6.45, 7) is 0.828. The molecule has 2 fully saturated rings. The van der Waals surface area contributed by atoms with Crippen molar-refractivity contribution < 1.29 is 24.5 Å². The summed E-state index contributed by atoms with van der Waals surface area (Å²) in [4.78, 5) is 13.5. The van der Waals surface area contributed by atoms with Gasteiger partial charge in [-0.3, -0.25) is 4.79 Å². The Morgan fingerprint density at radius 1 is 1.38 bits per heavy atom. The molecule has 0 amide bonds. The molecule has 0 aromatic heterocycles. The third-order valence-electron chi connectivity index (χ3n) is 7.57. The van der Waals surface area contributed by atoms with Crippen LogP contribution < -0.4 is 10.1 Å². The maximum Gasteiger partial charge on any atom is 0.317 e. The number of phenolic OH excluding ortho intramolecular Hbond substituents is 1. The number of piperidine rings is 1. The second kappa shape index (κ2) is 7.46. The molecular formula is C20H28Cl2N2O5. The van der Waals surface area contributed by atoms with Crippen molar-refractivity contribution in [1.82, 2.24) is 10.2 Å². The summed E-state index contributed by atoms with van der Waals surface area (Å²) in [5, 5.41) is 22.9. The van der Waals surface area contributed by atoms with E-state index in [9.17, 15) is 9.90 Å². The minimum Gasteiger partial charge on any atom is -0.504 e. The molecule has 29 heavy (non-hydrogen) atoms. The molecule has 5 rings (SSSR count). The predicted octanol–water partition coefficient (Wildman–Crippen LogP) is 1.72. The molecular weight excluding hydrogens is 419 g/mol. The Kier molecular flexibility index (Phi) is 5.77. The first-order chi connectivity index (χ1) is 12.9. The lowest BCUT2D eigenvalue weighted by Gasteiger charge is -2.65. The number of aliphatic carboxylic acids is 1. The lowest BCUT2D eigenvalue weighted by molar-refractivity contribution is -0.203. The number of nitrogens with one attached hydrogen (secondary N) is 1. The van der Waals surface area contributed by atoms with E-state index in [0.717, 1.165) is 37.8 Å². The summed E-state index contributed by atoms with van der Waals surface area (Å²) in [6.07, 6.45) is 3.11. The van der Waals surface area contributed by atoms with Crippen LogP contribution in [0.15, 0.2) is 12.1 Å². The number of phenols is 1. The molecule has 1 spiro atoms. The van der Waals surface area contributed by atoms with E-state index in [1.54, 1.807) is 13.2 Å². The number of rotatable bonds is 4. The van der Waals surface area contributed by atoms with E-state index in [0.29, 0.717) is 5.75 Å². The van der Waals surface area contributed by atoms with Crippen LogP contribution in [0.2, 0.25) is 0 Å². The molecule has 2 aliphatic carbocycles. The van der Waals surface area contributed by atoms with Crippen LogP contribution in [0.3, 0.4) is 0 Å². The highest BCUT2D eigenvalue weighted by Crippen LogP contribution is 2.66. The molecule has 2 aliphatic heterocycles. The smallest absolute Gasteiger partial charge is 0.317 e. The van der Waals surface area contributed by atoms with Gasteiger partial charge in [0.1, 0.15) is 6.10 Å². The van der Waals surface area contributed by atoms with Crippen LogP contribution in [0, 0.1) is 0 Å². The van der Waals surface area contributed by atoms with E-state index >= 15 is 0 Å². The van der Waals surface area contributed by atoms with E-state index in [1.165, 1.54) is 5.56 Å². The maximum absolute atomic E-state index is 11.1. The number of carboxylic acid groups (broad SMARTS) is 1. The van der Waals surface area contributed by atoms with E-state index in [4.69, 9.17) is 14.6 Å². The van der Waals surface area contributed by atoms with Gasteiger partial charge in [0, 0.05) is 24.8 Å². The Morgan fingerprint density at radius 3 is 2.83 bits per heavy atom. The molecule has 3 N–H and O–H groups in total. The highest BCUT2D eigenvalue weighted by atomic mass is 35.5. The highest BCUT2D eigenvalue weighted by Gasteiger charge is 2.73. The molecule has 1 aromatic carbocycles. The number of likely N-dealkylation sites (tertiary alicyclic amines) is 1. The largest absolute Gasteiger partial charge is 0.504 e. The summed E-state index contributed by atoms with van der Waals surface area (Å²) >= 11 is 0. The number of ether oxygens (including phenoxy) is 2. The van der Waals surface area contributed by atoms with Crippen molar-refractivity contribution in [2.45, 2.75) is 54.9 Å². The lowest BCUT2D eigenvalue weighted by Crippen LogP contribution is -2.78. The summed E-state index contributed by atoms with van der Waals surface area (Å²) in [5.74, 6) is -0.136. The topological polar surface area (TPSA) is 91.3 Å². The zero-order chi connectivity index (χ0) is 19.0. The zero-order valence-corrected chi connectivity index (χ0v) is 18.1. The fourth-order valence-corrected chi connectivity index (χ4v) is 6.57. The monoisotopic (exact) mass is 446 g/mol. The van der Waals surface area contributed by atoms with Crippen molar-refractivity contribution in [1.29, 1.82) is 0 Å². The maximum atomic E-state index is 11.1. The van der Waals surface area contributed by atoms with Crippen molar-refractivity contribution >= 4 is 30.8 Å². The second-order valence-corrected chi connectivity index (χ2v) is 8.42. The number of carbonyl (C=O) groups is 1. The SMILES string of the molecule is CO[C@@]12CC[C@@H](NCC(=O)O)[C@@H]3Oc4c(O)ccc5c4[C@@]31CCN(C)[C@@H]2C5.Cl.Cl. The predicted molar refractivity (Wildman–Crippen MR) is 112 cm³/mol.